The molecule has 4 heteroatoms. The summed E-state index contributed by atoms with van der Waals surface area (Å²) < 4.78 is 7.72. The third-order valence-corrected chi connectivity index (χ3v) is 5.36. The maximum absolute atomic E-state index is 6.37. The zero-order valence-electron chi connectivity index (χ0n) is 15.9. The van der Waals surface area contributed by atoms with Gasteiger partial charge in [-0.2, -0.15) is 0 Å². The first-order valence-corrected chi connectivity index (χ1v) is 9.77. The standard InChI is InChI=1S/C24H23ClN2O/c1-28-24-13-7-3-8-18(24)14-26-15-20-17-27(23-12-6-4-10-21(20)23)16-19-9-2-5-11-22(19)25/h2-13,17,26H,14-16H2,1H3. The largest absolute Gasteiger partial charge is 0.496 e. The minimum atomic E-state index is 0.757. The Morgan fingerprint density at radius 2 is 1.50 bits per heavy atom. The number of rotatable bonds is 7. The molecule has 0 aliphatic carbocycles. The maximum Gasteiger partial charge on any atom is 0.123 e. The lowest BCUT2D eigenvalue weighted by Gasteiger charge is -2.09. The van der Waals surface area contributed by atoms with Gasteiger partial charge in [0.05, 0.1) is 7.11 Å². The van der Waals surface area contributed by atoms with Crippen molar-refractivity contribution < 1.29 is 4.74 Å². The van der Waals surface area contributed by atoms with Crippen molar-refractivity contribution in [2.45, 2.75) is 19.6 Å². The van der Waals surface area contributed by atoms with E-state index in [4.69, 9.17) is 16.3 Å². The van der Waals surface area contributed by atoms with E-state index in [-0.39, 0.29) is 0 Å². The highest BCUT2D eigenvalue weighted by molar-refractivity contribution is 6.31. The van der Waals surface area contributed by atoms with Gasteiger partial charge in [-0.3, -0.25) is 0 Å². The van der Waals surface area contributed by atoms with Crippen LogP contribution in [0.5, 0.6) is 5.75 Å². The third-order valence-electron chi connectivity index (χ3n) is 4.99. The van der Waals surface area contributed by atoms with Gasteiger partial charge in [-0.15, -0.1) is 0 Å². The van der Waals surface area contributed by atoms with Gasteiger partial charge in [0.25, 0.3) is 0 Å². The summed E-state index contributed by atoms with van der Waals surface area (Å²) in [5.41, 5.74) is 4.78. The lowest BCUT2D eigenvalue weighted by Crippen LogP contribution is -2.13. The van der Waals surface area contributed by atoms with E-state index in [0.717, 1.165) is 41.5 Å². The number of hydrogen-bond donors (Lipinski definition) is 1. The molecule has 0 spiro atoms. The van der Waals surface area contributed by atoms with Crippen molar-refractivity contribution in [1.82, 2.24) is 9.88 Å². The number of halogens is 1. The van der Waals surface area contributed by atoms with Crippen molar-refractivity contribution in [2.75, 3.05) is 7.11 Å². The number of aromatic nitrogens is 1. The van der Waals surface area contributed by atoms with Crippen LogP contribution in [0.15, 0.2) is 79.0 Å². The number of methoxy groups -OCH3 is 1. The van der Waals surface area contributed by atoms with Gasteiger partial charge in [0.1, 0.15) is 5.75 Å². The second-order valence-corrected chi connectivity index (χ2v) is 7.21. The quantitative estimate of drug-likeness (QED) is 0.442. The number of para-hydroxylation sites is 2. The van der Waals surface area contributed by atoms with Gasteiger partial charge >= 0.3 is 0 Å². The zero-order valence-corrected chi connectivity index (χ0v) is 16.6. The second kappa shape index (κ2) is 8.51. The van der Waals surface area contributed by atoms with Crippen LogP contribution in [-0.4, -0.2) is 11.7 Å². The Balaban J connectivity index is 1.55. The van der Waals surface area contributed by atoms with E-state index < -0.39 is 0 Å². The number of hydrogen-bond acceptors (Lipinski definition) is 2. The molecular weight excluding hydrogens is 368 g/mol. The van der Waals surface area contributed by atoms with Gasteiger partial charge in [-0.1, -0.05) is 66.2 Å². The molecule has 0 atom stereocenters. The summed E-state index contributed by atoms with van der Waals surface area (Å²) in [5.74, 6) is 0.913. The average Bonchev–Trinajstić information content (AvgIpc) is 3.08. The summed E-state index contributed by atoms with van der Waals surface area (Å²) in [7, 11) is 1.71. The molecule has 0 saturated carbocycles. The molecule has 0 radical (unpaired) electrons. The number of benzene rings is 3. The third kappa shape index (κ3) is 3.91. The van der Waals surface area contributed by atoms with Crippen LogP contribution in [0.3, 0.4) is 0 Å². The molecule has 0 aliphatic heterocycles. The van der Waals surface area contributed by atoms with Gasteiger partial charge in [-0.25, -0.2) is 0 Å². The fraction of sp³-hybridized carbons (Fsp3) is 0.167. The highest BCUT2D eigenvalue weighted by Gasteiger charge is 2.10. The summed E-state index contributed by atoms with van der Waals surface area (Å²) in [5, 5.41) is 5.62. The lowest BCUT2D eigenvalue weighted by molar-refractivity contribution is 0.407. The van der Waals surface area contributed by atoms with Crippen LogP contribution in [0.25, 0.3) is 10.9 Å². The first-order chi connectivity index (χ1) is 13.8. The van der Waals surface area contributed by atoms with E-state index in [1.54, 1.807) is 7.11 Å². The van der Waals surface area contributed by atoms with Crippen molar-refractivity contribution in [2.24, 2.45) is 0 Å². The van der Waals surface area contributed by atoms with Gasteiger partial charge in [0.2, 0.25) is 0 Å². The molecule has 0 fully saturated rings. The van der Waals surface area contributed by atoms with Gasteiger partial charge in [-0.05, 0) is 29.3 Å². The second-order valence-electron chi connectivity index (χ2n) is 6.81. The van der Waals surface area contributed by atoms with E-state index in [0.29, 0.717) is 0 Å². The van der Waals surface area contributed by atoms with Crippen LogP contribution in [0.2, 0.25) is 5.02 Å². The molecule has 3 nitrogen and oxygen atoms in total. The number of ether oxygens (including phenoxy) is 1. The SMILES string of the molecule is COc1ccccc1CNCc1cn(Cc2ccccc2Cl)c2ccccc12. The van der Waals surface area contributed by atoms with Crippen molar-refractivity contribution >= 4 is 22.5 Å². The summed E-state index contributed by atoms with van der Waals surface area (Å²) >= 11 is 6.37. The van der Waals surface area contributed by atoms with Crippen molar-refractivity contribution in [3.05, 3.63) is 101 Å². The molecule has 1 aromatic heterocycles. The van der Waals surface area contributed by atoms with Gasteiger partial charge in [0, 0.05) is 47.3 Å². The summed E-state index contributed by atoms with van der Waals surface area (Å²) in [4.78, 5) is 0. The van der Waals surface area contributed by atoms with Crippen molar-refractivity contribution in [1.29, 1.82) is 0 Å². The Hall–Kier alpha value is -2.75. The van der Waals surface area contributed by atoms with E-state index in [1.165, 1.54) is 16.5 Å². The molecule has 1 N–H and O–H groups in total. The van der Waals surface area contributed by atoms with E-state index in [2.05, 4.69) is 52.5 Å². The predicted molar refractivity (Wildman–Crippen MR) is 116 cm³/mol. The Labute approximate surface area is 170 Å². The first kappa shape index (κ1) is 18.6. The molecule has 142 valence electrons. The summed E-state index contributed by atoms with van der Waals surface area (Å²) in [6.45, 7) is 2.30. The Bertz CT molecular complexity index is 1090. The van der Waals surface area contributed by atoms with Crippen LogP contribution in [0.4, 0.5) is 0 Å². The molecule has 0 unspecified atom stereocenters. The fourth-order valence-corrected chi connectivity index (χ4v) is 3.78. The van der Waals surface area contributed by atoms with E-state index >= 15 is 0 Å². The van der Waals surface area contributed by atoms with E-state index in [1.807, 2.05) is 36.4 Å². The monoisotopic (exact) mass is 390 g/mol. The fourth-order valence-electron chi connectivity index (χ4n) is 3.59. The number of nitrogens with one attached hydrogen (secondary N) is 1. The van der Waals surface area contributed by atoms with Crippen LogP contribution in [-0.2, 0) is 19.6 Å². The van der Waals surface area contributed by atoms with Crippen LogP contribution in [0.1, 0.15) is 16.7 Å². The Kier molecular flexibility index (Phi) is 5.65. The average molecular weight is 391 g/mol. The molecule has 3 aromatic carbocycles. The zero-order chi connectivity index (χ0) is 19.3. The Morgan fingerprint density at radius 1 is 0.821 bits per heavy atom. The van der Waals surface area contributed by atoms with Crippen molar-refractivity contribution in [3.63, 3.8) is 0 Å². The topological polar surface area (TPSA) is 26.2 Å². The highest BCUT2D eigenvalue weighted by atomic mass is 35.5. The van der Waals surface area contributed by atoms with Crippen molar-refractivity contribution in [3.8, 4) is 5.75 Å². The molecule has 0 amide bonds. The molecule has 4 aromatic rings. The van der Waals surface area contributed by atoms with Gasteiger partial charge < -0.3 is 14.6 Å². The minimum absolute atomic E-state index is 0.757. The van der Waals surface area contributed by atoms with Crippen LogP contribution < -0.4 is 10.1 Å². The predicted octanol–water partition coefficient (Wildman–Crippen LogP) is 5.64. The number of fused-ring (bicyclic) bond motifs is 1. The lowest BCUT2D eigenvalue weighted by atomic mass is 10.1. The number of nitrogens with zero attached hydrogens (tertiary/aromatic N) is 1. The normalized spacial score (nSPS) is 11.1. The van der Waals surface area contributed by atoms with Crippen LogP contribution in [0, 0.1) is 0 Å². The smallest absolute Gasteiger partial charge is 0.123 e. The summed E-state index contributed by atoms with van der Waals surface area (Å²) in [6, 6.07) is 24.6. The molecule has 0 saturated heterocycles. The Morgan fingerprint density at radius 3 is 2.32 bits per heavy atom. The minimum Gasteiger partial charge on any atom is -0.496 e. The van der Waals surface area contributed by atoms with E-state index in [9.17, 15) is 0 Å². The molecule has 28 heavy (non-hydrogen) atoms. The summed E-state index contributed by atoms with van der Waals surface area (Å²) in [6.07, 6.45) is 2.23. The first-order valence-electron chi connectivity index (χ1n) is 9.39. The van der Waals surface area contributed by atoms with Gasteiger partial charge in [0.15, 0.2) is 0 Å². The maximum atomic E-state index is 6.37. The van der Waals surface area contributed by atoms with Crippen LogP contribution >= 0.6 is 11.6 Å². The molecule has 1 heterocycles. The molecule has 0 aliphatic rings. The highest BCUT2D eigenvalue weighted by Crippen LogP contribution is 2.25. The molecular formula is C24H23ClN2O. The molecule has 4 rings (SSSR count). The molecule has 0 bridgehead atoms.